The van der Waals surface area contributed by atoms with E-state index in [0.29, 0.717) is 19.4 Å². The normalized spacial score (nSPS) is 16.4. The van der Waals surface area contributed by atoms with E-state index in [2.05, 4.69) is 10.3 Å². The van der Waals surface area contributed by atoms with Crippen LogP contribution in [-0.2, 0) is 21.4 Å². The summed E-state index contributed by atoms with van der Waals surface area (Å²) in [6.07, 6.45) is 0.895. The molecule has 146 valence electrons. The highest BCUT2D eigenvalue weighted by Gasteiger charge is 2.34. The highest BCUT2D eigenvalue weighted by Crippen LogP contribution is 2.33. The zero-order chi connectivity index (χ0) is 19.6. The fourth-order valence-corrected chi connectivity index (χ4v) is 6.20. The van der Waals surface area contributed by atoms with Crippen LogP contribution in [0.5, 0.6) is 0 Å². The Morgan fingerprint density at radius 2 is 1.93 bits per heavy atom. The number of carbonyl (C=O) groups is 1. The molecule has 0 unspecified atom stereocenters. The number of halogens is 2. The monoisotopic (exact) mass is 447 g/mol. The first-order chi connectivity index (χ1) is 12.8. The van der Waals surface area contributed by atoms with Crippen LogP contribution in [0.1, 0.15) is 23.5 Å². The molecule has 0 radical (unpaired) electrons. The van der Waals surface area contributed by atoms with Crippen molar-refractivity contribution in [2.24, 2.45) is 5.92 Å². The average molecular weight is 448 g/mol. The largest absolute Gasteiger partial charge is 0.350 e. The maximum absolute atomic E-state index is 12.9. The third-order valence-corrected chi connectivity index (χ3v) is 8.13. The molecule has 10 heteroatoms. The highest BCUT2D eigenvalue weighted by atomic mass is 35.5. The Hall–Kier alpha value is -1.19. The first kappa shape index (κ1) is 20.5. The quantitative estimate of drug-likeness (QED) is 0.760. The molecule has 1 saturated heterocycles. The van der Waals surface area contributed by atoms with Crippen LogP contribution < -0.4 is 5.32 Å². The van der Waals surface area contributed by atoms with Crippen molar-refractivity contribution in [1.82, 2.24) is 14.6 Å². The van der Waals surface area contributed by atoms with Gasteiger partial charge in [-0.3, -0.25) is 4.79 Å². The van der Waals surface area contributed by atoms with Crippen molar-refractivity contribution in [2.45, 2.75) is 31.2 Å². The Morgan fingerprint density at radius 1 is 1.30 bits per heavy atom. The number of nitrogens with zero attached hydrogens (tertiary/aromatic N) is 2. The third kappa shape index (κ3) is 4.63. The Kier molecular flexibility index (Phi) is 6.43. The standard InChI is InChI=1S/C17H19Cl2N3O3S2/c1-11-21-13(10-26-11)9-20-17(23)12-5-7-22(8-6-12)27(24,25)16-14(18)3-2-4-15(16)19/h2-4,10,12H,5-9H2,1H3,(H,20,23). The molecule has 0 atom stereocenters. The van der Waals surface area contributed by atoms with Gasteiger partial charge in [0.05, 0.1) is 27.3 Å². The van der Waals surface area contributed by atoms with Crippen LogP contribution in [0.2, 0.25) is 10.0 Å². The summed E-state index contributed by atoms with van der Waals surface area (Å²) in [7, 11) is -3.80. The van der Waals surface area contributed by atoms with E-state index in [1.807, 2.05) is 12.3 Å². The van der Waals surface area contributed by atoms with Crippen molar-refractivity contribution in [2.75, 3.05) is 13.1 Å². The molecule has 1 aliphatic rings. The lowest BCUT2D eigenvalue weighted by Gasteiger charge is -2.31. The first-order valence-electron chi connectivity index (χ1n) is 8.42. The molecule has 1 fully saturated rings. The second kappa shape index (κ2) is 8.45. The lowest BCUT2D eigenvalue weighted by molar-refractivity contribution is -0.126. The topological polar surface area (TPSA) is 79.4 Å². The van der Waals surface area contributed by atoms with Crippen LogP contribution in [0.3, 0.4) is 0 Å². The van der Waals surface area contributed by atoms with Gasteiger partial charge in [-0.05, 0) is 31.9 Å². The van der Waals surface area contributed by atoms with Crippen molar-refractivity contribution in [3.05, 3.63) is 44.3 Å². The van der Waals surface area contributed by atoms with Gasteiger partial charge in [-0.25, -0.2) is 13.4 Å². The van der Waals surface area contributed by atoms with Crippen molar-refractivity contribution < 1.29 is 13.2 Å². The Balaban J connectivity index is 1.60. The van der Waals surface area contributed by atoms with E-state index in [1.54, 1.807) is 6.07 Å². The molecular weight excluding hydrogens is 429 g/mol. The lowest BCUT2D eigenvalue weighted by atomic mass is 9.97. The van der Waals surface area contributed by atoms with Gasteiger partial charge in [0, 0.05) is 24.4 Å². The number of aryl methyl sites for hydroxylation is 1. The SMILES string of the molecule is Cc1nc(CNC(=O)C2CCN(S(=O)(=O)c3c(Cl)cccc3Cl)CC2)cs1. The molecule has 2 heterocycles. The average Bonchev–Trinajstić information content (AvgIpc) is 3.05. The first-order valence-corrected chi connectivity index (χ1v) is 11.5. The summed E-state index contributed by atoms with van der Waals surface area (Å²) in [4.78, 5) is 16.6. The van der Waals surface area contributed by atoms with E-state index >= 15 is 0 Å². The van der Waals surface area contributed by atoms with Gasteiger partial charge in [-0.1, -0.05) is 29.3 Å². The Morgan fingerprint density at radius 3 is 2.48 bits per heavy atom. The molecule has 1 amide bonds. The molecule has 2 aromatic rings. The molecule has 1 aromatic heterocycles. The molecule has 1 aromatic carbocycles. The molecular formula is C17H19Cl2N3O3S2. The third-order valence-electron chi connectivity index (χ3n) is 4.45. The van der Waals surface area contributed by atoms with Crippen LogP contribution in [0.4, 0.5) is 0 Å². The zero-order valence-corrected chi connectivity index (χ0v) is 17.8. The van der Waals surface area contributed by atoms with Gasteiger partial charge in [0.25, 0.3) is 0 Å². The molecule has 3 rings (SSSR count). The van der Waals surface area contributed by atoms with Gasteiger partial charge in [0.15, 0.2) is 0 Å². The number of hydrogen-bond acceptors (Lipinski definition) is 5. The summed E-state index contributed by atoms with van der Waals surface area (Å²) in [6, 6.07) is 4.60. The predicted octanol–water partition coefficient (Wildman–Crippen LogP) is 3.48. The van der Waals surface area contributed by atoms with E-state index in [1.165, 1.54) is 27.8 Å². The Bertz CT molecular complexity index is 918. The van der Waals surface area contributed by atoms with E-state index in [9.17, 15) is 13.2 Å². The van der Waals surface area contributed by atoms with Crippen LogP contribution in [0.25, 0.3) is 0 Å². The van der Waals surface area contributed by atoms with Crippen molar-refractivity contribution in [3.8, 4) is 0 Å². The number of rotatable bonds is 5. The summed E-state index contributed by atoms with van der Waals surface area (Å²) < 4.78 is 27.1. The number of piperidine rings is 1. The molecule has 1 N–H and O–H groups in total. The van der Waals surface area contributed by atoms with Crippen molar-refractivity contribution >= 4 is 50.5 Å². The van der Waals surface area contributed by atoms with E-state index < -0.39 is 10.0 Å². The lowest BCUT2D eigenvalue weighted by Crippen LogP contribution is -2.43. The number of sulfonamides is 1. The molecule has 0 saturated carbocycles. The minimum atomic E-state index is -3.80. The molecule has 0 aliphatic carbocycles. The fraction of sp³-hybridized carbons (Fsp3) is 0.412. The second-order valence-electron chi connectivity index (χ2n) is 6.30. The maximum atomic E-state index is 12.9. The number of benzene rings is 1. The van der Waals surface area contributed by atoms with Crippen LogP contribution in [-0.4, -0.2) is 36.7 Å². The summed E-state index contributed by atoms with van der Waals surface area (Å²) in [5, 5.41) is 5.95. The van der Waals surface area contributed by atoms with Crippen LogP contribution in [0.15, 0.2) is 28.5 Å². The van der Waals surface area contributed by atoms with Gasteiger partial charge >= 0.3 is 0 Å². The molecule has 27 heavy (non-hydrogen) atoms. The van der Waals surface area contributed by atoms with Gasteiger partial charge in [-0.15, -0.1) is 11.3 Å². The van der Waals surface area contributed by atoms with Gasteiger partial charge < -0.3 is 5.32 Å². The predicted molar refractivity (Wildman–Crippen MR) is 107 cm³/mol. The minimum absolute atomic E-state index is 0.0739. The molecule has 0 bridgehead atoms. The summed E-state index contributed by atoms with van der Waals surface area (Å²) in [5.74, 6) is -0.300. The Labute approximate surface area is 172 Å². The highest BCUT2D eigenvalue weighted by molar-refractivity contribution is 7.89. The summed E-state index contributed by atoms with van der Waals surface area (Å²) in [6.45, 7) is 2.80. The zero-order valence-electron chi connectivity index (χ0n) is 14.6. The summed E-state index contributed by atoms with van der Waals surface area (Å²) >= 11 is 13.6. The number of aromatic nitrogens is 1. The minimum Gasteiger partial charge on any atom is -0.350 e. The number of hydrogen-bond donors (Lipinski definition) is 1. The second-order valence-corrected chi connectivity index (χ2v) is 10.1. The number of carbonyl (C=O) groups excluding carboxylic acids is 1. The van der Waals surface area contributed by atoms with Crippen molar-refractivity contribution in [3.63, 3.8) is 0 Å². The van der Waals surface area contributed by atoms with E-state index in [0.717, 1.165) is 10.7 Å². The summed E-state index contributed by atoms with van der Waals surface area (Å²) in [5.41, 5.74) is 0.833. The fourth-order valence-electron chi connectivity index (χ4n) is 3.03. The van der Waals surface area contributed by atoms with Gasteiger partial charge in [0.1, 0.15) is 4.90 Å². The number of amides is 1. The van der Waals surface area contributed by atoms with Gasteiger partial charge in [-0.2, -0.15) is 4.31 Å². The number of nitrogens with one attached hydrogen (secondary N) is 1. The number of thiazole rings is 1. The molecule has 0 spiro atoms. The molecule has 6 nitrogen and oxygen atoms in total. The smallest absolute Gasteiger partial charge is 0.246 e. The van der Waals surface area contributed by atoms with Crippen LogP contribution in [0, 0.1) is 12.8 Å². The van der Waals surface area contributed by atoms with Crippen molar-refractivity contribution in [1.29, 1.82) is 0 Å². The maximum Gasteiger partial charge on any atom is 0.246 e. The van der Waals surface area contributed by atoms with E-state index in [4.69, 9.17) is 23.2 Å². The van der Waals surface area contributed by atoms with E-state index in [-0.39, 0.29) is 39.9 Å². The van der Waals surface area contributed by atoms with Gasteiger partial charge in [0.2, 0.25) is 15.9 Å². The molecule has 1 aliphatic heterocycles. The van der Waals surface area contributed by atoms with Crippen LogP contribution >= 0.6 is 34.5 Å².